The van der Waals surface area contributed by atoms with Crippen molar-refractivity contribution in [1.82, 2.24) is 19.5 Å². The highest BCUT2D eigenvalue weighted by Gasteiger charge is 2.44. The molecule has 2 aliphatic rings. The van der Waals surface area contributed by atoms with Crippen molar-refractivity contribution in [3.05, 3.63) is 65.9 Å². The number of carbonyl (C=O) groups excluding carboxylic acids is 1. The maximum Gasteiger partial charge on any atom is 0.259 e. The molecular formula is C20H19FN4O. The number of hydrogen-bond acceptors (Lipinski definition) is 3. The summed E-state index contributed by atoms with van der Waals surface area (Å²) >= 11 is 0. The largest absolute Gasteiger partial charge is 0.332 e. The van der Waals surface area contributed by atoms with Crippen molar-refractivity contribution >= 4 is 11.6 Å². The lowest BCUT2D eigenvalue weighted by Crippen LogP contribution is -2.46. The molecule has 2 bridgehead atoms. The molecule has 2 aliphatic heterocycles. The number of nitrogens with zero attached hydrogens (tertiary/aromatic N) is 4. The van der Waals surface area contributed by atoms with Crippen molar-refractivity contribution in [3.8, 4) is 0 Å². The molecule has 0 spiro atoms. The summed E-state index contributed by atoms with van der Waals surface area (Å²) < 4.78 is 14.8. The predicted molar refractivity (Wildman–Crippen MR) is 94.3 cm³/mol. The van der Waals surface area contributed by atoms with Gasteiger partial charge in [-0.05, 0) is 55.4 Å². The molecule has 132 valence electrons. The van der Waals surface area contributed by atoms with Crippen molar-refractivity contribution in [2.75, 3.05) is 0 Å². The van der Waals surface area contributed by atoms with E-state index in [0.29, 0.717) is 17.1 Å². The van der Waals surface area contributed by atoms with E-state index >= 15 is 0 Å². The van der Waals surface area contributed by atoms with Crippen LogP contribution in [0.3, 0.4) is 0 Å². The van der Waals surface area contributed by atoms with Crippen LogP contribution in [0.2, 0.25) is 0 Å². The summed E-state index contributed by atoms with van der Waals surface area (Å²) in [6.07, 6.45) is 9.02. The van der Waals surface area contributed by atoms with E-state index < -0.39 is 0 Å². The molecule has 2 unspecified atom stereocenters. The Bertz CT molecular complexity index is 953. The first kappa shape index (κ1) is 15.5. The van der Waals surface area contributed by atoms with E-state index in [9.17, 15) is 9.18 Å². The molecule has 2 saturated heterocycles. The fourth-order valence-electron chi connectivity index (χ4n) is 4.63. The Kier molecular flexibility index (Phi) is 3.51. The molecule has 1 amide bonds. The van der Waals surface area contributed by atoms with Gasteiger partial charge in [-0.15, -0.1) is 0 Å². The maximum absolute atomic E-state index is 13.2. The van der Waals surface area contributed by atoms with Gasteiger partial charge in [0.1, 0.15) is 11.4 Å². The SMILES string of the molecule is O=C(c1cnn2cccnc12)N1C2CCC1CC(c1ccc(F)cc1)C2. The number of halogens is 1. The third-order valence-corrected chi connectivity index (χ3v) is 5.82. The van der Waals surface area contributed by atoms with E-state index in [1.165, 1.54) is 17.7 Å². The number of rotatable bonds is 2. The monoisotopic (exact) mass is 350 g/mol. The van der Waals surface area contributed by atoms with Crippen LogP contribution in [0.4, 0.5) is 4.39 Å². The van der Waals surface area contributed by atoms with Crippen LogP contribution in [0, 0.1) is 5.82 Å². The average molecular weight is 350 g/mol. The van der Waals surface area contributed by atoms with E-state index in [1.54, 1.807) is 29.2 Å². The van der Waals surface area contributed by atoms with Crippen LogP contribution in [0.25, 0.3) is 5.65 Å². The van der Waals surface area contributed by atoms with Gasteiger partial charge in [-0.2, -0.15) is 5.10 Å². The Morgan fingerprint density at radius 3 is 2.58 bits per heavy atom. The molecule has 0 radical (unpaired) electrons. The van der Waals surface area contributed by atoms with Gasteiger partial charge in [-0.25, -0.2) is 13.9 Å². The lowest BCUT2D eigenvalue weighted by molar-refractivity contribution is 0.0573. The molecule has 2 atom stereocenters. The lowest BCUT2D eigenvalue weighted by atomic mass is 9.85. The summed E-state index contributed by atoms with van der Waals surface area (Å²) in [5.41, 5.74) is 2.35. The van der Waals surface area contributed by atoms with E-state index in [0.717, 1.165) is 25.7 Å². The first-order valence-corrected chi connectivity index (χ1v) is 9.07. The van der Waals surface area contributed by atoms with Gasteiger partial charge in [-0.3, -0.25) is 4.79 Å². The fourth-order valence-corrected chi connectivity index (χ4v) is 4.63. The summed E-state index contributed by atoms with van der Waals surface area (Å²) in [7, 11) is 0. The first-order chi connectivity index (χ1) is 12.7. The number of fused-ring (bicyclic) bond motifs is 3. The van der Waals surface area contributed by atoms with Gasteiger partial charge in [-0.1, -0.05) is 12.1 Å². The third kappa shape index (κ3) is 2.40. The number of carbonyl (C=O) groups is 1. The van der Waals surface area contributed by atoms with Crippen molar-refractivity contribution < 1.29 is 9.18 Å². The Labute approximate surface area is 150 Å². The Hall–Kier alpha value is -2.76. The standard InChI is InChI=1S/C20H19FN4O/c21-15-4-2-13(3-5-15)14-10-16-6-7-17(11-14)25(16)20(26)18-12-23-24-9-1-8-22-19(18)24/h1-5,8-9,12,14,16-17H,6-7,10-11H2. The number of aromatic nitrogens is 3. The summed E-state index contributed by atoms with van der Waals surface area (Å²) in [4.78, 5) is 19.6. The van der Waals surface area contributed by atoms with Crippen LogP contribution in [0.15, 0.2) is 48.9 Å². The molecule has 0 N–H and O–H groups in total. The van der Waals surface area contributed by atoms with Gasteiger partial charge in [0.15, 0.2) is 5.65 Å². The summed E-state index contributed by atoms with van der Waals surface area (Å²) in [5, 5.41) is 4.25. The van der Waals surface area contributed by atoms with Crippen molar-refractivity contribution in [3.63, 3.8) is 0 Å². The maximum atomic E-state index is 13.2. The predicted octanol–water partition coefficient (Wildman–Crippen LogP) is 3.42. The van der Waals surface area contributed by atoms with Crippen molar-refractivity contribution in [1.29, 1.82) is 0 Å². The molecule has 5 rings (SSSR count). The molecule has 0 saturated carbocycles. The van der Waals surface area contributed by atoms with Crippen LogP contribution in [0.1, 0.15) is 47.5 Å². The first-order valence-electron chi connectivity index (χ1n) is 9.07. The Balaban J connectivity index is 1.42. The molecule has 2 aromatic heterocycles. The Morgan fingerprint density at radius 1 is 1.12 bits per heavy atom. The topological polar surface area (TPSA) is 50.5 Å². The van der Waals surface area contributed by atoms with Crippen molar-refractivity contribution in [2.45, 2.75) is 43.7 Å². The van der Waals surface area contributed by atoms with Gasteiger partial charge in [0, 0.05) is 24.5 Å². The zero-order chi connectivity index (χ0) is 17.7. The van der Waals surface area contributed by atoms with Gasteiger partial charge >= 0.3 is 0 Å². The normalized spacial score (nSPS) is 25.0. The molecule has 1 aromatic carbocycles. The highest BCUT2D eigenvalue weighted by molar-refractivity contribution is 6.00. The van der Waals surface area contributed by atoms with E-state index in [2.05, 4.69) is 10.1 Å². The van der Waals surface area contributed by atoms with Crippen LogP contribution in [-0.2, 0) is 0 Å². The minimum atomic E-state index is -0.204. The minimum absolute atomic E-state index is 0.0313. The fraction of sp³-hybridized carbons (Fsp3) is 0.350. The van der Waals surface area contributed by atoms with Crippen LogP contribution < -0.4 is 0 Å². The molecule has 0 aliphatic carbocycles. The second-order valence-corrected chi connectivity index (χ2v) is 7.26. The molecule has 26 heavy (non-hydrogen) atoms. The molecule has 4 heterocycles. The van der Waals surface area contributed by atoms with Gasteiger partial charge in [0.2, 0.25) is 0 Å². The minimum Gasteiger partial charge on any atom is -0.332 e. The van der Waals surface area contributed by atoms with Crippen LogP contribution >= 0.6 is 0 Å². The molecular weight excluding hydrogens is 331 g/mol. The summed E-state index contributed by atoms with van der Waals surface area (Å²) in [6.45, 7) is 0. The third-order valence-electron chi connectivity index (χ3n) is 5.82. The van der Waals surface area contributed by atoms with E-state index in [4.69, 9.17) is 0 Å². The van der Waals surface area contributed by atoms with Crippen LogP contribution in [0.5, 0.6) is 0 Å². The van der Waals surface area contributed by atoms with Crippen LogP contribution in [-0.4, -0.2) is 37.5 Å². The van der Waals surface area contributed by atoms with Gasteiger partial charge in [0.25, 0.3) is 5.91 Å². The van der Waals surface area contributed by atoms with E-state index in [-0.39, 0.29) is 23.8 Å². The van der Waals surface area contributed by atoms with Gasteiger partial charge in [0.05, 0.1) is 6.20 Å². The summed E-state index contributed by atoms with van der Waals surface area (Å²) in [6, 6.07) is 9.08. The number of amides is 1. The average Bonchev–Trinajstić information content (AvgIpc) is 3.20. The summed E-state index contributed by atoms with van der Waals surface area (Å²) in [5.74, 6) is 0.216. The molecule has 6 heteroatoms. The zero-order valence-electron chi connectivity index (χ0n) is 14.3. The van der Waals surface area contributed by atoms with Gasteiger partial charge < -0.3 is 4.90 Å². The van der Waals surface area contributed by atoms with E-state index in [1.807, 2.05) is 17.0 Å². The smallest absolute Gasteiger partial charge is 0.259 e. The second kappa shape index (κ2) is 5.90. The molecule has 5 nitrogen and oxygen atoms in total. The highest BCUT2D eigenvalue weighted by Crippen LogP contribution is 2.43. The Morgan fingerprint density at radius 2 is 1.85 bits per heavy atom. The molecule has 3 aromatic rings. The second-order valence-electron chi connectivity index (χ2n) is 7.26. The number of benzene rings is 1. The zero-order valence-corrected chi connectivity index (χ0v) is 14.3. The number of hydrogen-bond donors (Lipinski definition) is 0. The highest BCUT2D eigenvalue weighted by atomic mass is 19.1. The van der Waals surface area contributed by atoms with Crippen molar-refractivity contribution in [2.24, 2.45) is 0 Å². The molecule has 2 fully saturated rings. The lowest BCUT2D eigenvalue weighted by Gasteiger charge is -2.39. The number of piperidine rings is 1. The quantitative estimate of drug-likeness (QED) is 0.712.